The molecule has 1 N–H and O–H groups in total. The minimum Gasteiger partial charge on any atom is -0.490 e. The van der Waals surface area contributed by atoms with Crippen molar-refractivity contribution in [3.8, 4) is 16.9 Å². The van der Waals surface area contributed by atoms with Gasteiger partial charge >= 0.3 is 5.97 Å². The first-order chi connectivity index (χ1) is 19.3. The number of fused-ring (bicyclic) bond motifs is 2. The zero-order valence-electron chi connectivity index (χ0n) is 24.3. The Balaban J connectivity index is 1.78. The van der Waals surface area contributed by atoms with Gasteiger partial charge in [0.15, 0.2) is 17.7 Å². The van der Waals surface area contributed by atoms with Gasteiger partial charge in [0.1, 0.15) is 5.82 Å². The molecule has 216 valence electrons. The van der Waals surface area contributed by atoms with E-state index in [0.29, 0.717) is 58.5 Å². The molecule has 0 saturated carbocycles. The molecule has 1 amide bonds. The molecular weight excluding hydrogens is 528 g/mol. The third-order valence-corrected chi connectivity index (χ3v) is 7.87. The van der Waals surface area contributed by atoms with Crippen molar-refractivity contribution in [3.05, 3.63) is 80.9 Å². The molecule has 3 aromatic carbocycles. The first kappa shape index (κ1) is 28.7. The van der Waals surface area contributed by atoms with Crippen molar-refractivity contribution < 1.29 is 33.0 Å². The average Bonchev–Trinajstić information content (AvgIpc) is 3.33. The van der Waals surface area contributed by atoms with Gasteiger partial charge in [-0.25, -0.2) is 13.6 Å². The van der Waals surface area contributed by atoms with Crippen LogP contribution >= 0.6 is 0 Å². The molecule has 0 radical (unpaired) electrons. The molecule has 6 nitrogen and oxygen atoms in total. The van der Waals surface area contributed by atoms with Gasteiger partial charge in [0.05, 0.1) is 17.8 Å². The SMILES string of the molecule is Cc1cccc(C(=O)N2CCc3c2cc(C)c(C(OC(C)(C)C)C(=O)O)c3-c2cc(F)c3c(c2C)CCCO3)c1F. The summed E-state index contributed by atoms with van der Waals surface area (Å²) in [6.07, 6.45) is 0.412. The van der Waals surface area contributed by atoms with Crippen LogP contribution in [0, 0.1) is 32.4 Å². The van der Waals surface area contributed by atoms with Crippen molar-refractivity contribution in [1.82, 2.24) is 0 Å². The van der Waals surface area contributed by atoms with Crippen LogP contribution in [0.1, 0.15) is 77.0 Å². The lowest BCUT2D eigenvalue weighted by Gasteiger charge is -2.30. The summed E-state index contributed by atoms with van der Waals surface area (Å²) in [6, 6.07) is 7.88. The summed E-state index contributed by atoms with van der Waals surface area (Å²) in [7, 11) is 0. The number of hydrogen-bond donors (Lipinski definition) is 1. The molecule has 0 spiro atoms. The summed E-state index contributed by atoms with van der Waals surface area (Å²) in [4.78, 5) is 27.9. The van der Waals surface area contributed by atoms with E-state index in [1.807, 2.05) is 6.92 Å². The number of rotatable bonds is 5. The number of aliphatic carboxylic acids is 1. The summed E-state index contributed by atoms with van der Waals surface area (Å²) in [6.45, 7) is 11.3. The third-order valence-electron chi connectivity index (χ3n) is 7.87. The number of carbonyl (C=O) groups is 2. The summed E-state index contributed by atoms with van der Waals surface area (Å²) in [5.74, 6) is -2.51. The van der Waals surface area contributed by atoms with E-state index < -0.39 is 35.2 Å². The van der Waals surface area contributed by atoms with Gasteiger partial charge in [-0.3, -0.25) is 4.79 Å². The zero-order valence-corrected chi connectivity index (χ0v) is 24.3. The van der Waals surface area contributed by atoms with Crippen LogP contribution < -0.4 is 9.64 Å². The Morgan fingerprint density at radius 1 is 1.05 bits per heavy atom. The molecular formula is C33H35F2NO5. The molecule has 0 bridgehead atoms. The molecule has 41 heavy (non-hydrogen) atoms. The topological polar surface area (TPSA) is 76.1 Å². The largest absolute Gasteiger partial charge is 0.490 e. The number of carboxylic acid groups (broad SMARTS) is 1. The lowest BCUT2D eigenvalue weighted by Crippen LogP contribution is -2.30. The first-order valence-corrected chi connectivity index (χ1v) is 13.9. The predicted octanol–water partition coefficient (Wildman–Crippen LogP) is 7.03. The van der Waals surface area contributed by atoms with Crippen molar-refractivity contribution in [2.75, 3.05) is 18.1 Å². The fraction of sp³-hybridized carbons (Fsp3) is 0.394. The second-order valence-corrected chi connectivity index (χ2v) is 11.9. The molecule has 1 atom stereocenters. The highest BCUT2D eigenvalue weighted by Crippen LogP contribution is 2.48. The fourth-order valence-electron chi connectivity index (χ4n) is 6.01. The van der Waals surface area contributed by atoms with E-state index in [0.717, 1.165) is 17.5 Å². The summed E-state index contributed by atoms with van der Waals surface area (Å²) >= 11 is 0. The second-order valence-electron chi connectivity index (χ2n) is 11.9. The Bertz CT molecular complexity index is 1570. The maximum Gasteiger partial charge on any atom is 0.337 e. The minimum absolute atomic E-state index is 0.0336. The van der Waals surface area contributed by atoms with Gasteiger partial charge in [-0.15, -0.1) is 0 Å². The molecule has 0 aliphatic carbocycles. The molecule has 8 heteroatoms. The maximum atomic E-state index is 15.5. The fourth-order valence-corrected chi connectivity index (χ4v) is 6.01. The van der Waals surface area contributed by atoms with Crippen LogP contribution in [0.5, 0.6) is 5.75 Å². The van der Waals surface area contributed by atoms with Gasteiger partial charge in [-0.1, -0.05) is 12.1 Å². The number of aryl methyl sites for hydroxylation is 2. The van der Waals surface area contributed by atoms with Crippen LogP contribution in [0.2, 0.25) is 0 Å². The monoisotopic (exact) mass is 563 g/mol. The number of halogens is 2. The lowest BCUT2D eigenvalue weighted by molar-refractivity contribution is -0.160. The van der Waals surface area contributed by atoms with Gasteiger partial charge in [0.25, 0.3) is 5.91 Å². The second kappa shape index (κ2) is 10.6. The van der Waals surface area contributed by atoms with Crippen LogP contribution in [0.25, 0.3) is 11.1 Å². The Kier molecular flexibility index (Phi) is 7.40. The molecule has 3 aromatic rings. The quantitative estimate of drug-likeness (QED) is 0.361. The highest BCUT2D eigenvalue weighted by Gasteiger charge is 2.37. The van der Waals surface area contributed by atoms with Crippen molar-refractivity contribution in [2.24, 2.45) is 0 Å². The molecule has 0 fully saturated rings. The maximum absolute atomic E-state index is 15.5. The molecule has 0 aromatic heterocycles. The number of anilines is 1. The number of carbonyl (C=O) groups excluding carboxylic acids is 1. The normalized spacial score (nSPS) is 15.3. The zero-order chi connectivity index (χ0) is 29.8. The van der Waals surface area contributed by atoms with Crippen LogP contribution in [0.3, 0.4) is 0 Å². The van der Waals surface area contributed by atoms with Crippen LogP contribution in [0.15, 0.2) is 30.3 Å². The number of amides is 1. The Morgan fingerprint density at radius 3 is 2.46 bits per heavy atom. The Morgan fingerprint density at radius 2 is 1.78 bits per heavy atom. The first-order valence-electron chi connectivity index (χ1n) is 13.9. The molecule has 2 aliphatic heterocycles. The van der Waals surface area contributed by atoms with Crippen molar-refractivity contribution in [2.45, 2.75) is 72.5 Å². The van der Waals surface area contributed by atoms with Crippen LogP contribution in [-0.2, 0) is 22.4 Å². The van der Waals surface area contributed by atoms with Gasteiger partial charge in [0, 0.05) is 23.4 Å². The van der Waals surface area contributed by atoms with Gasteiger partial charge in [-0.2, -0.15) is 0 Å². The van der Waals surface area contributed by atoms with E-state index in [2.05, 4.69) is 0 Å². The third kappa shape index (κ3) is 5.10. The summed E-state index contributed by atoms with van der Waals surface area (Å²) in [5.41, 5.74) is 4.44. The van der Waals surface area contributed by atoms with Crippen molar-refractivity contribution in [1.29, 1.82) is 0 Å². The number of ether oxygens (including phenoxy) is 2. The molecule has 5 rings (SSSR count). The van der Waals surface area contributed by atoms with Crippen LogP contribution in [0.4, 0.5) is 14.5 Å². The molecule has 0 saturated heterocycles. The van der Waals surface area contributed by atoms with E-state index in [1.165, 1.54) is 17.0 Å². The minimum atomic E-state index is -1.34. The number of carboxylic acids is 1. The van der Waals surface area contributed by atoms with Crippen molar-refractivity contribution in [3.63, 3.8) is 0 Å². The highest BCUT2D eigenvalue weighted by molar-refractivity contribution is 6.08. The number of nitrogens with zero attached hydrogens (tertiary/aromatic N) is 1. The number of benzene rings is 3. The average molecular weight is 564 g/mol. The van der Waals surface area contributed by atoms with Gasteiger partial charge < -0.3 is 19.5 Å². The number of hydrogen-bond acceptors (Lipinski definition) is 4. The van der Waals surface area contributed by atoms with Gasteiger partial charge in [-0.05, 0) is 112 Å². The van der Waals surface area contributed by atoms with E-state index in [9.17, 15) is 19.1 Å². The Hall–Kier alpha value is -3.78. The Labute approximate surface area is 238 Å². The molecule has 2 aliphatic rings. The van der Waals surface area contributed by atoms with Crippen LogP contribution in [-0.4, -0.2) is 35.7 Å². The molecule has 1 unspecified atom stereocenters. The predicted molar refractivity (Wildman–Crippen MR) is 153 cm³/mol. The van der Waals surface area contributed by atoms with Gasteiger partial charge in [0.2, 0.25) is 0 Å². The molecule has 2 heterocycles. The lowest BCUT2D eigenvalue weighted by atomic mass is 9.83. The smallest absolute Gasteiger partial charge is 0.337 e. The van der Waals surface area contributed by atoms with E-state index in [-0.39, 0.29) is 17.9 Å². The van der Waals surface area contributed by atoms with E-state index >= 15 is 4.39 Å². The van der Waals surface area contributed by atoms with E-state index in [1.54, 1.807) is 52.8 Å². The highest BCUT2D eigenvalue weighted by atomic mass is 19.1. The van der Waals surface area contributed by atoms with Crippen molar-refractivity contribution >= 4 is 17.6 Å². The summed E-state index contributed by atoms with van der Waals surface area (Å²) in [5, 5.41) is 10.4. The standard InChI is InChI=1S/C33H35F2NO5/c1-17-9-7-10-22(28(17)35)31(37)36-13-12-21-25(36)15-18(2)26(30(32(38)39)41-33(4,5)6)27(21)23-16-24(34)29-20(19(23)3)11-8-14-40-29/h7,9-10,15-16,30H,8,11-14H2,1-6H3,(H,38,39). The van der Waals surface area contributed by atoms with E-state index in [4.69, 9.17) is 9.47 Å². The summed E-state index contributed by atoms with van der Waals surface area (Å²) < 4.78 is 42.3.